The van der Waals surface area contributed by atoms with Gasteiger partial charge in [0.05, 0.1) is 0 Å². The summed E-state index contributed by atoms with van der Waals surface area (Å²) in [5.74, 6) is 0. The molecular weight excluding hydrogens is 168 g/mol. The number of allylic oxidation sites excluding steroid dienone is 4. The Morgan fingerprint density at radius 2 is 1.07 bits per heavy atom. The van der Waals surface area contributed by atoms with Gasteiger partial charge in [-0.05, 0) is 53.9 Å². The van der Waals surface area contributed by atoms with E-state index >= 15 is 0 Å². The van der Waals surface area contributed by atoms with Gasteiger partial charge in [0.2, 0.25) is 0 Å². The van der Waals surface area contributed by atoms with Crippen molar-refractivity contribution >= 4 is 0 Å². The van der Waals surface area contributed by atoms with Crippen LogP contribution in [-0.4, -0.2) is 0 Å². The monoisotopic (exact) mass is 194 g/mol. The van der Waals surface area contributed by atoms with Crippen LogP contribution in [0, 0.1) is 0 Å². The lowest BCUT2D eigenvalue weighted by Crippen LogP contribution is -1.88. The Bertz CT molecular complexity index is 224. The molecule has 0 N–H and O–H groups in total. The second-order valence-corrected chi connectivity index (χ2v) is 4.59. The highest BCUT2D eigenvalue weighted by atomic mass is 14.0. The Hall–Kier alpha value is -0.520. The minimum Gasteiger partial charge on any atom is -0.0775 e. The zero-order chi connectivity index (χ0) is 11.1. The maximum absolute atomic E-state index is 2.28. The lowest BCUT2D eigenvalue weighted by atomic mass is 9.99. The molecule has 0 fully saturated rings. The molecule has 0 aromatic heterocycles. The molecule has 0 aromatic carbocycles. The third kappa shape index (κ3) is 5.26. The lowest BCUT2D eigenvalue weighted by molar-refractivity contribution is 0.840. The molecule has 82 valence electrons. The highest BCUT2D eigenvalue weighted by Crippen LogP contribution is 2.18. The topological polar surface area (TPSA) is 0 Å². The van der Waals surface area contributed by atoms with E-state index in [1.54, 1.807) is 16.7 Å². The molecule has 0 aliphatic carbocycles. The van der Waals surface area contributed by atoms with Crippen LogP contribution in [0.4, 0.5) is 0 Å². The fraction of sp³-hybridized carbons (Fsp3) is 0.714. The largest absolute Gasteiger partial charge is 0.0775 e. The van der Waals surface area contributed by atoms with Crippen LogP contribution in [0.25, 0.3) is 0 Å². The molecule has 0 heteroatoms. The van der Waals surface area contributed by atoms with E-state index in [0.717, 1.165) is 0 Å². The predicted molar refractivity (Wildman–Crippen MR) is 66.6 cm³/mol. The minimum absolute atomic E-state index is 1.23. The van der Waals surface area contributed by atoms with Crippen LogP contribution in [0.1, 0.15) is 67.2 Å². The van der Waals surface area contributed by atoms with Crippen LogP contribution in [0.3, 0.4) is 0 Å². The van der Waals surface area contributed by atoms with Crippen molar-refractivity contribution in [2.24, 2.45) is 0 Å². The van der Waals surface area contributed by atoms with E-state index in [0.29, 0.717) is 0 Å². The Labute approximate surface area is 90.1 Å². The Balaban J connectivity index is 4.14. The number of hydrogen-bond donors (Lipinski definition) is 0. The predicted octanol–water partition coefficient (Wildman–Crippen LogP) is 5.26. The van der Waals surface area contributed by atoms with E-state index in [1.165, 1.54) is 31.3 Å². The molecule has 0 nitrogen and oxygen atoms in total. The summed E-state index contributed by atoms with van der Waals surface area (Å²) < 4.78 is 0. The smallest absolute Gasteiger partial charge is 0.0283 e. The molecule has 0 aliphatic heterocycles. The average Bonchev–Trinajstić information content (AvgIpc) is 2.13. The van der Waals surface area contributed by atoms with E-state index in [4.69, 9.17) is 0 Å². The maximum Gasteiger partial charge on any atom is -0.0283 e. The quantitative estimate of drug-likeness (QED) is 0.524. The van der Waals surface area contributed by atoms with Crippen molar-refractivity contribution in [3.05, 3.63) is 22.3 Å². The van der Waals surface area contributed by atoms with Gasteiger partial charge in [0.1, 0.15) is 0 Å². The lowest BCUT2D eigenvalue weighted by Gasteiger charge is -2.08. The van der Waals surface area contributed by atoms with Crippen molar-refractivity contribution in [1.82, 2.24) is 0 Å². The number of hydrogen-bond acceptors (Lipinski definition) is 0. The fourth-order valence-electron chi connectivity index (χ4n) is 1.43. The van der Waals surface area contributed by atoms with Crippen LogP contribution >= 0.6 is 0 Å². The van der Waals surface area contributed by atoms with Crippen molar-refractivity contribution < 1.29 is 0 Å². The highest BCUT2D eigenvalue weighted by molar-refractivity contribution is 5.14. The van der Waals surface area contributed by atoms with E-state index in [1.807, 2.05) is 0 Å². The minimum atomic E-state index is 1.23. The normalized spacial score (nSPS) is 12.4. The summed E-state index contributed by atoms with van der Waals surface area (Å²) in [5.41, 5.74) is 6.21. The molecule has 0 saturated heterocycles. The first-order valence-corrected chi connectivity index (χ1v) is 5.77. The zero-order valence-electron chi connectivity index (χ0n) is 10.8. The van der Waals surface area contributed by atoms with E-state index in [9.17, 15) is 0 Å². The third-order valence-electron chi connectivity index (χ3n) is 3.08. The Kier molecular flexibility index (Phi) is 6.61. The first-order chi connectivity index (χ1) is 6.49. The van der Waals surface area contributed by atoms with E-state index in [-0.39, 0.29) is 0 Å². The van der Waals surface area contributed by atoms with Crippen LogP contribution in [-0.2, 0) is 0 Å². The van der Waals surface area contributed by atoms with Crippen LogP contribution in [0.5, 0.6) is 0 Å². The molecule has 0 spiro atoms. The van der Waals surface area contributed by atoms with Gasteiger partial charge < -0.3 is 0 Å². The molecule has 14 heavy (non-hydrogen) atoms. The van der Waals surface area contributed by atoms with Gasteiger partial charge in [-0.25, -0.2) is 0 Å². The summed E-state index contributed by atoms with van der Waals surface area (Å²) in [7, 11) is 0. The molecule has 0 aromatic rings. The standard InChI is InChI=1S/C14H26/c1-7-8-13(5)14(6)10-9-12(4)11(2)3/h7-10H2,1-6H3. The van der Waals surface area contributed by atoms with E-state index < -0.39 is 0 Å². The van der Waals surface area contributed by atoms with Crippen molar-refractivity contribution in [2.45, 2.75) is 67.2 Å². The molecule has 0 amide bonds. The zero-order valence-corrected chi connectivity index (χ0v) is 10.8. The van der Waals surface area contributed by atoms with Crippen molar-refractivity contribution in [3.63, 3.8) is 0 Å². The van der Waals surface area contributed by atoms with Gasteiger partial charge in [0, 0.05) is 0 Å². The van der Waals surface area contributed by atoms with Gasteiger partial charge in [0.15, 0.2) is 0 Å². The summed E-state index contributed by atoms with van der Waals surface area (Å²) in [6.07, 6.45) is 5.00. The van der Waals surface area contributed by atoms with Gasteiger partial charge >= 0.3 is 0 Å². The Morgan fingerprint density at radius 3 is 1.50 bits per heavy atom. The first kappa shape index (κ1) is 13.5. The molecule has 0 radical (unpaired) electrons. The molecule has 0 aliphatic rings. The molecule has 0 bridgehead atoms. The summed E-state index contributed by atoms with van der Waals surface area (Å²) in [5, 5.41) is 0. The summed E-state index contributed by atoms with van der Waals surface area (Å²) in [4.78, 5) is 0. The molecule has 0 atom stereocenters. The molecule has 0 unspecified atom stereocenters. The number of rotatable bonds is 5. The molecular formula is C14H26. The van der Waals surface area contributed by atoms with E-state index in [2.05, 4.69) is 41.5 Å². The van der Waals surface area contributed by atoms with Crippen molar-refractivity contribution in [3.8, 4) is 0 Å². The summed E-state index contributed by atoms with van der Waals surface area (Å²) in [6.45, 7) is 13.5. The molecule has 0 rings (SSSR count). The van der Waals surface area contributed by atoms with Gasteiger partial charge in [-0.1, -0.05) is 35.6 Å². The van der Waals surface area contributed by atoms with Crippen LogP contribution in [0.15, 0.2) is 22.3 Å². The molecule has 0 heterocycles. The second kappa shape index (κ2) is 6.86. The average molecular weight is 194 g/mol. The first-order valence-electron chi connectivity index (χ1n) is 5.77. The summed E-state index contributed by atoms with van der Waals surface area (Å²) in [6, 6.07) is 0. The third-order valence-corrected chi connectivity index (χ3v) is 3.08. The van der Waals surface area contributed by atoms with Gasteiger partial charge in [-0.15, -0.1) is 0 Å². The fourth-order valence-corrected chi connectivity index (χ4v) is 1.43. The van der Waals surface area contributed by atoms with Crippen molar-refractivity contribution in [1.29, 1.82) is 0 Å². The van der Waals surface area contributed by atoms with Gasteiger partial charge in [0.25, 0.3) is 0 Å². The van der Waals surface area contributed by atoms with Crippen molar-refractivity contribution in [2.75, 3.05) is 0 Å². The van der Waals surface area contributed by atoms with Gasteiger partial charge in [-0.3, -0.25) is 0 Å². The highest BCUT2D eigenvalue weighted by Gasteiger charge is 1.98. The molecule has 0 saturated carbocycles. The second-order valence-electron chi connectivity index (χ2n) is 4.59. The Morgan fingerprint density at radius 1 is 0.643 bits per heavy atom. The maximum atomic E-state index is 2.28. The van der Waals surface area contributed by atoms with Crippen LogP contribution in [0.2, 0.25) is 0 Å². The van der Waals surface area contributed by atoms with Gasteiger partial charge in [-0.2, -0.15) is 0 Å². The SMILES string of the molecule is CCCC(C)=C(C)CCC(C)=C(C)C. The summed E-state index contributed by atoms with van der Waals surface area (Å²) >= 11 is 0. The van der Waals surface area contributed by atoms with Crippen LogP contribution < -0.4 is 0 Å².